The maximum atomic E-state index is 11.8. The number of carbonyl (C=O) groups is 1. The van der Waals surface area contributed by atoms with E-state index in [0.717, 1.165) is 5.56 Å². The standard InChI is InChI=1S/C15H23NO2/c1-11(2)10-16-15(12(3)4,14(17)18)13-8-6-5-7-9-13/h5-9,11-12,16H,10H2,1-4H3,(H,17,18). The summed E-state index contributed by atoms with van der Waals surface area (Å²) in [7, 11) is 0. The largest absolute Gasteiger partial charge is 0.480 e. The lowest BCUT2D eigenvalue weighted by Crippen LogP contribution is -2.54. The molecule has 1 rings (SSSR count). The molecule has 0 aromatic heterocycles. The molecule has 0 saturated heterocycles. The van der Waals surface area contributed by atoms with Gasteiger partial charge in [0.2, 0.25) is 0 Å². The van der Waals surface area contributed by atoms with Crippen LogP contribution in [-0.2, 0) is 10.3 Å². The zero-order chi connectivity index (χ0) is 13.8. The van der Waals surface area contributed by atoms with Crippen LogP contribution in [0.2, 0.25) is 0 Å². The van der Waals surface area contributed by atoms with Crippen molar-refractivity contribution in [1.82, 2.24) is 5.32 Å². The Morgan fingerprint density at radius 3 is 2.17 bits per heavy atom. The molecule has 0 aliphatic carbocycles. The van der Waals surface area contributed by atoms with Gasteiger partial charge in [-0.05, 0) is 23.9 Å². The SMILES string of the molecule is CC(C)CNC(C(=O)O)(c1ccccc1)C(C)C. The van der Waals surface area contributed by atoms with Gasteiger partial charge in [0.25, 0.3) is 0 Å². The fourth-order valence-corrected chi connectivity index (χ4v) is 2.15. The van der Waals surface area contributed by atoms with Crippen LogP contribution in [-0.4, -0.2) is 17.6 Å². The molecular weight excluding hydrogens is 226 g/mol. The van der Waals surface area contributed by atoms with Crippen LogP contribution in [0.4, 0.5) is 0 Å². The van der Waals surface area contributed by atoms with Crippen molar-refractivity contribution in [2.45, 2.75) is 33.2 Å². The zero-order valence-corrected chi connectivity index (χ0v) is 11.6. The molecule has 1 unspecified atom stereocenters. The number of carboxylic acid groups (broad SMARTS) is 1. The van der Waals surface area contributed by atoms with Crippen molar-refractivity contribution in [3.8, 4) is 0 Å². The smallest absolute Gasteiger partial charge is 0.328 e. The molecular formula is C15H23NO2. The molecule has 0 saturated carbocycles. The minimum Gasteiger partial charge on any atom is -0.480 e. The van der Waals surface area contributed by atoms with E-state index in [9.17, 15) is 9.90 Å². The molecule has 0 spiro atoms. The summed E-state index contributed by atoms with van der Waals surface area (Å²) in [6, 6.07) is 9.42. The lowest BCUT2D eigenvalue weighted by atomic mass is 9.79. The number of hydrogen-bond donors (Lipinski definition) is 2. The summed E-state index contributed by atoms with van der Waals surface area (Å²) in [6.45, 7) is 8.71. The van der Waals surface area contributed by atoms with Crippen LogP contribution < -0.4 is 5.32 Å². The van der Waals surface area contributed by atoms with E-state index in [4.69, 9.17) is 0 Å². The number of aliphatic carboxylic acids is 1. The Balaban J connectivity index is 3.18. The Hall–Kier alpha value is -1.35. The number of rotatable bonds is 6. The van der Waals surface area contributed by atoms with E-state index >= 15 is 0 Å². The first kappa shape index (κ1) is 14.7. The second-order valence-corrected chi connectivity index (χ2v) is 5.41. The minimum atomic E-state index is -1.01. The average molecular weight is 249 g/mol. The second kappa shape index (κ2) is 6.01. The molecule has 2 N–H and O–H groups in total. The average Bonchev–Trinajstić information content (AvgIpc) is 2.30. The van der Waals surface area contributed by atoms with Crippen molar-refractivity contribution in [2.24, 2.45) is 11.8 Å². The van der Waals surface area contributed by atoms with Crippen LogP contribution >= 0.6 is 0 Å². The van der Waals surface area contributed by atoms with E-state index in [1.807, 2.05) is 44.2 Å². The third-order valence-electron chi connectivity index (χ3n) is 3.22. The van der Waals surface area contributed by atoms with E-state index in [-0.39, 0.29) is 5.92 Å². The molecule has 0 amide bonds. The van der Waals surface area contributed by atoms with Gasteiger partial charge in [0.1, 0.15) is 5.54 Å². The maximum absolute atomic E-state index is 11.8. The molecule has 0 aliphatic heterocycles. The van der Waals surface area contributed by atoms with Crippen LogP contribution in [0.25, 0.3) is 0 Å². The Morgan fingerprint density at radius 2 is 1.78 bits per heavy atom. The van der Waals surface area contributed by atoms with Gasteiger partial charge in [0, 0.05) is 0 Å². The molecule has 100 valence electrons. The normalized spacial score (nSPS) is 14.8. The molecule has 1 aromatic carbocycles. The van der Waals surface area contributed by atoms with Crippen LogP contribution in [0.1, 0.15) is 33.3 Å². The highest BCUT2D eigenvalue weighted by molar-refractivity contribution is 5.81. The Labute approximate surface area is 109 Å². The Morgan fingerprint density at radius 1 is 1.22 bits per heavy atom. The molecule has 3 nitrogen and oxygen atoms in total. The summed E-state index contributed by atoms with van der Waals surface area (Å²) in [5.41, 5.74) is -0.195. The van der Waals surface area contributed by atoms with Crippen LogP contribution in [0.5, 0.6) is 0 Å². The van der Waals surface area contributed by atoms with Crippen LogP contribution in [0.3, 0.4) is 0 Å². The van der Waals surface area contributed by atoms with Gasteiger partial charge in [0.05, 0.1) is 0 Å². The van der Waals surface area contributed by atoms with E-state index in [2.05, 4.69) is 19.2 Å². The second-order valence-electron chi connectivity index (χ2n) is 5.41. The van der Waals surface area contributed by atoms with Gasteiger partial charge >= 0.3 is 5.97 Å². The van der Waals surface area contributed by atoms with Crippen molar-refractivity contribution >= 4 is 5.97 Å². The third kappa shape index (κ3) is 2.91. The Bertz CT molecular complexity index is 387. The highest BCUT2D eigenvalue weighted by Crippen LogP contribution is 2.30. The highest BCUT2D eigenvalue weighted by Gasteiger charge is 2.42. The van der Waals surface area contributed by atoms with E-state index in [0.29, 0.717) is 12.5 Å². The summed E-state index contributed by atoms with van der Waals surface area (Å²) in [5.74, 6) is -0.438. The van der Waals surface area contributed by atoms with Gasteiger partial charge in [0.15, 0.2) is 0 Å². The van der Waals surface area contributed by atoms with Gasteiger partial charge in [-0.1, -0.05) is 58.0 Å². The number of benzene rings is 1. The van der Waals surface area contributed by atoms with E-state index < -0.39 is 11.5 Å². The van der Waals surface area contributed by atoms with Gasteiger partial charge in [-0.2, -0.15) is 0 Å². The lowest BCUT2D eigenvalue weighted by molar-refractivity contribution is -0.147. The van der Waals surface area contributed by atoms with E-state index in [1.165, 1.54) is 0 Å². The first-order valence-electron chi connectivity index (χ1n) is 6.45. The number of nitrogens with one attached hydrogen (secondary N) is 1. The first-order valence-corrected chi connectivity index (χ1v) is 6.45. The predicted octanol–water partition coefficient (Wildman–Crippen LogP) is 2.87. The van der Waals surface area contributed by atoms with Gasteiger partial charge in [-0.15, -0.1) is 0 Å². The predicted molar refractivity (Wildman–Crippen MR) is 73.4 cm³/mol. The molecule has 3 heteroatoms. The van der Waals surface area contributed by atoms with Crippen LogP contribution in [0, 0.1) is 11.8 Å². The first-order chi connectivity index (χ1) is 8.41. The highest BCUT2D eigenvalue weighted by atomic mass is 16.4. The van der Waals surface area contributed by atoms with Crippen molar-refractivity contribution in [2.75, 3.05) is 6.54 Å². The van der Waals surface area contributed by atoms with Crippen molar-refractivity contribution in [1.29, 1.82) is 0 Å². The summed E-state index contributed by atoms with van der Waals surface area (Å²) >= 11 is 0. The van der Waals surface area contributed by atoms with Crippen LogP contribution in [0.15, 0.2) is 30.3 Å². The topological polar surface area (TPSA) is 49.3 Å². The molecule has 0 aliphatic rings. The fourth-order valence-electron chi connectivity index (χ4n) is 2.15. The summed E-state index contributed by atoms with van der Waals surface area (Å²) in [4.78, 5) is 11.8. The summed E-state index contributed by atoms with van der Waals surface area (Å²) < 4.78 is 0. The minimum absolute atomic E-state index is 0.0313. The number of carboxylic acids is 1. The summed E-state index contributed by atoms with van der Waals surface area (Å²) in [5, 5.41) is 12.9. The van der Waals surface area contributed by atoms with E-state index in [1.54, 1.807) is 0 Å². The van der Waals surface area contributed by atoms with Crippen molar-refractivity contribution in [3.05, 3.63) is 35.9 Å². The molecule has 0 fully saturated rings. The Kier molecular flexibility index (Phi) is 4.91. The molecule has 0 radical (unpaired) electrons. The zero-order valence-electron chi connectivity index (χ0n) is 11.6. The van der Waals surface area contributed by atoms with Crippen molar-refractivity contribution < 1.29 is 9.90 Å². The summed E-state index contributed by atoms with van der Waals surface area (Å²) in [6.07, 6.45) is 0. The van der Waals surface area contributed by atoms with Crippen molar-refractivity contribution in [3.63, 3.8) is 0 Å². The molecule has 0 heterocycles. The lowest BCUT2D eigenvalue weighted by Gasteiger charge is -2.35. The maximum Gasteiger partial charge on any atom is 0.328 e. The molecule has 1 atom stereocenters. The fraction of sp³-hybridized carbons (Fsp3) is 0.533. The molecule has 0 bridgehead atoms. The quantitative estimate of drug-likeness (QED) is 0.815. The van der Waals surface area contributed by atoms with Gasteiger partial charge in [-0.25, -0.2) is 4.79 Å². The van der Waals surface area contributed by atoms with Gasteiger partial charge < -0.3 is 5.11 Å². The molecule has 1 aromatic rings. The number of hydrogen-bond acceptors (Lipinski definition) is 2. The molecule has 18 heavy (non-hydrogen) atoms. The van der Waals surface area contributed by atoms with Gasteiger partial charge in [-0.3, -0.25) is 5.32 Å². The third-order valence-corrected chi connectivity index (χ3v) is 3.22. The monoisotopic (exact) mass is 249 g/mol.